The van der Waals surface area contributed by atoms with Crippen molar-refractivity contribution in [1.82, 2.24) is 0 Å². The predicted molar refractivity (Wildman–Crippen MR) is 38.5 cm³/mol. The van der Waals surface area contributed by atoms with E-state index in [4.69, 9.17) is 15.2 Å². The van der Waals surface area contributed by atoms with Crippen molar-refractivity contribution in [2.24, 2.45) is 5.73 Å². The maximum atomic E-state index is 10.9. The van der Waals surface area contributed by atoms with Crippen molar-refractivity contribution in [2.75, 3.05) is 0 Å². The van der Waals surface area contributed by atoms with E-state index in [9.17, 15) is 9.59 Å². The van der Waals surface area contributed by atoms with Crippen LogP contribution in [0.3, 0.4) is 0 Å². The second-order valence-electron chi connectivity index (χ2n) is 2.58. The number of ketones is 1. The summed E-state index contributed by atoms with van der Waals surface area (Å²) in [5.41, 5.74) is 4.98. The molecule has 0 spiro atoms. The van der Waals surface area contributed by atoms with Gasteiger partial charge in [0.1, 0.15) is 12.2 Å². The number of hydrogen-bond donors (Lipinski definition) is 1. The summed E-state index contributed by atoms with van der Waals surface area (Å²) in [5.74, 6) is -0.956. The van der Waals surface area contributed by atoms with Gasteiger partial charge >= 0.3 is 29.6 Å². The molecule has 68 valence electrons. The summed E-state index contributed by atoms with van der Waals surface area (Å²) >= 11 is 0. The van der Waals surface area contributed by atoms with Gasteiger partial charge in [0.15, 0.2) is 5.78 Å². The molecule has 2 unspecified atom stereocenters. The van der Waals surface area contributed by atoms with Crippen LogP contribution in [0.25, 0.3) is 0 Å². The molecule has 1 rings (SSSR count). The topological polar surface area (TPSA) is 78.6 Å². The van der Waals surface area contributed by atoms with Gasteiger partial charge in [-0.15, -0.1) is 6.92 Å². The predicted octanol–water partition coefficient (Wildman–Crippen LogP) is -3.64. The zero-order valence-electron chi connectivity index (χ0n) is 7.87. The van der Waals surface area contributed by atoms with E-state index in [1.54, 1.807) is 0 Å². The molecule has 0 aliphatic carbocycles. The molecule has 1 heterocycles. The molecular weight excluding hydrogens is 185 g/mol. The second kappa shape index (κ2) is 5.07. The van der Waals surface area contributed by atoms with E-state index in [2.05, 4.69) is 0 Å². The standard InChI is InChI=1S/C7H10NO4.Na/c1-3(9)5-6(7(8)10)12-4(2)11-5;/h5-6H,1-2H3,(H2,8,10);/q-1;+1. The van der Waals surface area contributed by atoms with Crippen LogP contribution in [0.4, 0.5) is 0 Å². The number of Topliss-reactive ketones (excluding diaryl/α,β-unsaturated/α-hetero) is 1. The quantitative estimate of drug-likeness (QED) is 0.364. The van der Waals surface area contributed by atoms with E-state index >= 15 is 0 Å². The average Bonchev–Trinajstić information content (AvgIpc) is 2.31. The van der Waals surface area contributed by atoms with Crippen LogP contribution in [-0.2, 0) is 19.1 Å². The van der Waals surface area contributed by atoms with Gasteiger partial charge in [-0.05, 0) is 6.92 Å². The summed E-state index contributed by atoms with van der Waals surface area (Å²) in [6.07, 6.45) is -1.64. The van der Waals surface area contributed by atoms with Gasteiger partial charge in [-0.1, -0.05) is 6.29 Å². The van der Waals surface area contributed by atoms with E-state index in [1.165, 1.54) is 13.8 Å². The first-order valence-corrected chi connectivity index (χ1v) is 3.49. The zero-order valence-corrected chi connectivity index (χ0v) is 9.87. The Kier molecular flexibility index (Phi) is 5.09. The minimum absolute atomic E-state index is 0. The third kappa shape index (κ3) is 3.03. The Morgan fingerprint density at radius 1 is 1.31 bits per heavy atom. The van der Waals surface area contributed by atoms with Gasteiger partial charge in [0.05, 0.1) is 0 Å². The van der Waals surface area contributed by atoms with Crippen molar-refractivity contribution in [3.8, 4) is 0 Å². The molecule has 0 saturated carbocycles. The second-order valence-corrected chi connectivity index (χ2v) is 2.58. The van der Waals surface area contributed by atoms with Crippen LogP contribution in [0.5, 0.6) is 0 Å². The number of nitrogens with two attached hydrogens (primary N) is 1. The molecule has 1 aliphatic rings. The number of carbonyl (C=O) groups is 2. The Bertz CT molecular complexity index is 199. The monoisotopic (exact) mass is 195 g/mol. The summed E-state index contributed by atoms with van der Waals surface area (Å²) < 4.78 is 9.84. The molecule has 0 bridgehead atoms. The van der Waals surface area contributed by atoms with E-state index < -0.39 is 18.1 Å². The molecule has 13 heavy (non-hydrogen) atoms. The van der Waals surface area contributed by atoms with Gasteiger partial charge in [0.2, 0.25) is 5.91 Å². The number of primary amides is 1. The molecular formula is C7H10NNaO4. The van der Waals surface area contributed by atoms with E-state index in [0.29, 0.717) is 0 Å². The first kappa shape index (κ1) is 13.1. The average molecular weight is 195 g/mol. The first-order valence-electron chi connectivity index (χ1n) is 3.49. The molecule has 0 aromatic carbocycles. The van der Waals surface area contributed by atoms with Crippen molar-refractivity contribution in [2.45, 2.75) is 26.1 Å². The molecule has 6 heteroatoms. The minimum Gasteiger partial charge on any atom is -0.512 e. The van der Waals surface area contributed by atoms with Crippen LogP contribution in [-0.4, -0.2) is 23.9 Å². The molecule has 1 fully saturated rings. The number of ether oxygens (including phenoxy) is 2. The fourth-order valence-electron chi connectivity index (χ4n) is 1.01. The van der Waals surface area contributed by atoms with Crippen LogP contribution in [0.2, 0.25) is 0 Å². The van der Waals surface area contributed by atoms with Crippen molar-refractivity contribution in [3.05, 3.63) is 6.29 Å². The SMILES string of the molecule is CC(=O)C1O[C-](C)OC1C(N)=O.[Na+]. The third-order valence-electron chi connectivity index (χ3n) is 1.54. The Hall–Kier alpha value is 0.0600. The Balaban J connectivity index is 0.00000144. The molecule has 1 aliphatic heterocycles. The van der Waals surface area contributed by atoms with Gasteiger partial charge in [0, 0.05) is 0 Å². The Morgan fingerprint density at radius 2 is 1.77 bits per heavy atom. The van der Waals surface area contributed by atoms with Crippen LogP contribution in [0, 0.1) is 6.29 Å². The normalized spacial score (nSPS) is 28.2. The summed E-state index contributed by atoms with van der Waals surface area (Å²) in [5, 5.41) is 0. The summed E-state index contributed by atoms with van der Waals surface area (Å²) in [4.78, 5) is 21.6. The number of rotatable bonds is 2. The Labute approximate surface area is 98.2 Å². The third-order valence-corrected chi connectivity index (χ3v) is 1.54. The number of hydrogen-bond acceptors (Lipinski definition) is 4. The van der Waals surface area contributed by atoms with Crippen LogP contribution in [0.1, 0.15) is 13.8 Å². The van der Waals surface area contributed by atoms with E-state index in [-0.39, 0.29) is 41.6 Å². The molecule has 5 nitrogen and oxygen atoms in total. The van der Waals surface area contributed by atoms with Crippen molar-refractivity contribution < 1.29 is 48.6 Å². The van der Waals surface area contributed by atoms with Gasteiger partial charge in [-0.2, -0.15) is 0 Å². The number of amides is 1. The Morgan fingerprint density at radius 3 is 2.08 bits per heavy atom. The molecule has 2 N–H and O–H groups in total. The smallest absolute Gasteiger partial charge is 0.512 e. The van der Waals surface area contributed by atoms with Crippen LogP contribution in [0.15, 0.2) is 0 Å². The zero-order chi connectivity index (χ0) is 9.30. The molecule has 1 amide bonds. The minimum atomic E-state index is -0.970. The molecule has 0 aromatic heterocycles. The van der Waals surface area contributed by atoms with Crippen LogP contribution < -0.4 is 35.3 Å². The van der Waals surface area contributed by atoms with E-state index in [1.807, 2.05) is 0 Å². The summed E-state index contributed by atoms with van der Waals surface area (Å²) in [7, 11) is 0. The maximum absolute atomic E-state index is 10.9. The largest absolute Gasteiger partial charge is 1.00 e. The van der Waals surface area contributed by atoms with Gasteiger partial charge in [-0.3, -0.25) is 9.59 Å². The summed E-state index contributed by atoms with van der Waals surface area (Å²) in [6, 6.07) is 0. The molecule has 0 aromatic rings. The molecule has 2 atom stereocenters. The summed E-state index contributed by atoms with van der Waals surface area (Å²) in [6.45, 7) is 2.85. The van der Waals surface area contributed by atoms with Crippen molar-refractivity contribution in [3.63, 3.8) is 0 Å². The molecule has 0 radical (unpaired) electrons. The number of carbonyl (C=O) groups excluding carboxylic acids is 2. The van der Waals surface area contributed by atoms with E-state index in [0.717, 1.165) is 0 Å². The van der Waals surface area contributed by atoms with Crippen molar-refractivity contribution in [1.29, 1.82) is 0 Å². The van der Waals surface area contributed by atoms with Gasteiger partial charge in [0.25, 0.3) is 0 Å². The van der Waals surface area contributed by atoms with Gasteiger partial charge in [-0.25, -0.2) is 0 Å². The van der Waals surface area contributed by atoms with Crippen molar-refractivity contribution >= 4 is 11.7 Å². The van der Waals surface area contributed by atoms with Crippen LogP contribution >= 0.6 is 0 Å². The fraction of sp³-hybridized carbons (Fsp3) is 0.571. The maximum Gasteiger partial charge on any atom is 1.00 e. The first-order chi connectivity index (χ1) is 5.52. The molecule has 1 saturated heterocycles. The fourth-order valence-corrected chi connectivity index (χ4v) is 1.01. The van der Waals surface area contributed by atoms with Gasteiger partial charge < -0.3 is 15.2 Å².